The summed E-state index contributed by atoms with van der Waals surface area (Å²) >= 11 is 0. The van der Waals surface area contributed by atoms with Crippen molar-refractivity contribution in [1.29, 1.82) is 0 Å². The van der Waals surface area contributed by atoms with E-state index in [2.05, 4.69) is 26.1 Å². The van der Waals surface area contributed by atoms with E-state index in [0.717, 1.165) is 23.4 Å². The third-order valence-electron chi connectivity index (χ3n) is 3.48. The van der Waals surface area contributed by atoms with Gasteiger partial charge in [-0.2, -0.15) is 5.10 Å². The van der Waals surface area contributed by atoms with Crippen molar-refractivity contribution in [2.24, 2.45) is 5.10 Å². The molecule has 0 aliphatic heterocycles. The standard InChI is InChI=1S/C17H16N6O/c1-2-16(13-6-4-3-5-7-13)19-20-17(24)14-8-10-15(11-9-14)23-12-18-21-22-23/h3-12H,2H2,1H3,(H,20,24)/b19-16+. The first-order valence-electron chi connectivity index (χ1n) is 7.53. The van der Waals surface area contributed by atoms with Gasteiger partial charge in [-0.1, -0.05) is 37.3 Å². The van der Waals surface area contributed by atoms with Crippen molar-refractivity contribution in [2.75, 3.05) is 0 Å². The van der Waals surface area contributed by atoms with Crippen LogP contribution in [0.1, 0.15) is 29.3 Å². The molecule has 0 atom stereocenters. The largest absolute Gasteiger partial charge is 0.271 e. The highest BCUT2D eigenvalue weighted by molar-refractivity contribution is 6.02. The molecule has 120 valence electrons. The number of nitrogens with one attached hydrogen (secondary N) is 1. The van der Waals surface area contributed by atoms with Crippen LogP contribution in [0.25, 0.3) is 5.69 Å². The van der Waals surface area contributed by atoms with Gasteiger partial charge in [0.2, 0.25) is 0 Å². The van der Waals surface area contributed by atoms with Crippen molar-refractivity contribution in [1.82, 2.24) is 25.6 Å². The van der Waals surface area contributed by atoms with Gasteiger partial charge in [0.05, 0.1) is 11.4 Å². The number of amides is 1. The Kier molecular flexibility index (Phi) is 4.71. The van der Waals surface area contributed by atoms with E-state index in [1.807, 2.05) is 37.3 Å². The lowest BCUT2D eigenvalue weighted by atomic mass is 10.1. The molecule has 3 aromatic rings. The zero-order chi connectivity index (χ0) is 16.8. The third-order valence-corrected chi connectivity index (χ3v) is 3.48. The highest BCUT2D eigenvalue weighted by Crippen LogP contribution is 2.08. The Morgan fingerprint density at radius 3 is 2.46 bits per heavy atom. The van der Waals surface area contributed by atoms with E-state index in [0.29, 0.717) is 5.56 Å². The van der Waals surface area contributed by atoms with Crippen molar-refractivity contribution in [3.05, 3.63) is 72.1 Å². The fraction of sp³-hybridized carbons (Fsp3) is 0.118. The van der Waals surface area contributed by atoms with Crippen molar-refractivity contribution in [3.63, 3.8) is 0 Å². The maximum absolute atomic E-state index is 12.2. The molecule has 0 saturated heterocycles. The monoisotopic (exact) mass is 320 g/mol. The molecule has 7 heteroatoms. The third kappa shape index (κ3) is 3.52. The average molecular weight is 320 g/mol. The van der Waals surface area contributed by atoms with Crippen molar-refractivity contribution < 1.29 is 4.79 Å². The molecule has 1 N–H and O–H groups in total. The fourth-order valence-electron chi connectivity index (χ4n) is 2.21. The van der Waals surface area contributed by atoms with Crippen LogP contribution >= 0.6 is 0 Å². The first kappa shape index (κ1) is 15.5. The van der Waals surface area contributed by atoms with Crippen LogP contribution < -0.4 is 5.43 Å². The van der Waals surface area contributed by atoms with Gasteiger partial charge < -0.3 is 0 Å². The fourth-order valence-corrected chi connectivity index (χ4v) is 2.21. The Morgan fingerprint density at radius 2 is 1.83 bits per heavy atom. The number of hydrazone groups is 1. The molecule has 1 heterocycles. The van der Waals surface area contributed by atoms with E-state index >= 15 is 0 Å². The number of hydrogen-bond donors (Lipinski definition) is 1. The Morgan fingerprint density at radius 1 is 1.08 bits per heavy atom. The van der Waals surface area contributed by atoms with Crippen molar-refractivity contribution in [2.45, 2.75) is 13.3 Å². The molecule has 0 saturated carbocycles. The quantitative estimate of drug-likeness (QED) is 0.577. The topological polar surface area (TPSA) is 85.1 Å². The maximum Gasteiger partial charge on any atom is 0.271 e. The van der Waals surface area contributed by atoms with Gasteiger partial charge in [0.25, 0.3) is 5.91 Å². The highest BCUT2D eigenvalue weighted by atomic mass is 16.2. The Labute approximate surface area is 139 Å². The predicted octanol–water partition coefficient (Wildman–Crippen LogP) is 2.21. The van der Waals surface area contributed by atoms with E-state index in [-0.39, 0.29) is 5.91 Å². The molecule has 0 bridgehead atoms. The van der Waals surface area contributed by atoms with Crippen molar-refractivity contribution in [3.8, 4) is 5.69 Å². The molecule has 0 aliphatic rings. The van der Waals surface area contributed by atoms with Gasteiger partial charge in [0.1, 0.15) is 6.33 Å². The average Bonchev–Trinajstić information content (AvgIpc) is 3.18. The minimum Gasteiger partial charge on any atom is -0.267 e. The zero-order valence-corrected chi connectivity index (χ0v) is 13.1. The van der Waals surface area contributed by atoms with Gasteiger partial charge in [0.15, 0.2) is 0 Å². The van der Waals surface area contributed by atoms with Crippen LogP contribution in [0.15, 0.2) is 66.0 Å². The van der Waals surface area contributed by atoms with E-state index < -0.39 is 0 Å². The molecule has 2 aromatic carbocycles. The minimum atomic E-state index is -0.264. The normalized spacial score (nSPS) is 11.3. The number of tetrazole rings is 1. The van der Waals surface area contributed by atoms with Crippen LogP contribution in [0, 0.1) is 0 Å². The number of aromatic nitrogens is 4. The number of hydrogen-bond acceptors (Lipinski definition) is 5. The predicted molar refractivity (Wildman–Crippen MR) is 89.9 cm³/mol. The molecule has 3 rings (SSSR count). The summed E-state index contributed by atoms with van der Waals surface area (Å²) in [6.45, 7) is 2.00. The Hall–Kier alpha value is -3.35. The Balaban J connectivity index is 1.71. The molecule has 7 nitrogen and oxygen atoms in total. The summed E-state index contributed by atoms with van der Waals surface area (Å²) in [5, 5.41) is 15.2. The van der Waals surface area contributed by atoms with Crippen molar-refractivity contribution >= 4 is 11.6 Å². The van der Waals surface area contributed by atoms with E-state index in [1.165, 1.54) is 11.0 Å². The molecule has 0 aliphatic carbocycles. The molecule has 0 radical (unpaired) electrons. The number of benzene rings is 2. The summed E-state index contributed by atoms with van der Waals surface area (Å²) in [4.78, 5) is 12.2. The lowest BCUT2D eigenvalue weighted by molar-refractivity contribution is 0.0955. The second-order valence-electron chi connectivity index (χ2n) is 5.02. The van der Waals surface area contributed by atoms with E-state index in [9.17, 15) is 4.79 Å². The zero-order valence-electron chi connectivity index (χ0n) is 13.1. The summed E-state index contributed by atoms with van der Waals surface area (Å²) in [5.74, 6) is -0.264. The number of nitrogens with zero attached hydrogens (tertiary/aromatic N) is 5. The number of rotatable bonds is 5. The second kappa shape index (κ2) is 7.28. The van der Waals surface area contributed by atoms with Crippen LogP contribution in [0.3, 0.4) is 0 Å². The molecule has 0 spiro atoms. The van der Waals surface area contributed by atoms with Crippen LogP contribution in [-0.2, 0) is 0 Å². The maximum atomic E-state index is 12.2. The summed E-state index contributed by atoms with van der Waals surface area (Å²) in [6.07, 6.45) is 2.22. The van der Waals surface area contributed by atoms with Gasteiger partial charge in [-0.05, 0) is 46.7 Å². The molecule has 1 amide bonds. The molecular weight excluding hydrogens is 304 g/mol. The summed E-state index contributed by atoms with van der Waals surface area (Å²) in [5.41, 5.74) is 5.72. The van der Waals surface area contributed by atoms with Gasteiger partial charge >= 0.3 is 0 Å². The smallest absolute Gasteiger partial charge is 0.267 e. The van der Waals surface area contributed by atoms with Gasteiger partial charge in [-0.15, -0.1) is 5.10 Å². The van der Waals surface area contributed by atoms with Gasteiger partial charge in [-0.25, -0.2) is 10.1 Å². The summed E-state index contributed by atoms with van der Waals surface area (Å²) in [7, 11) is 0. The molecule has 0 fully saturated rings. The van der Waals surface area contributed by atoms with Crippen LogP contribution in [0.2, 0.25) is 0 Å². The summed E-state index contributed by atoms with van der Waals surface area (Å²) < 4.78 is 1.52. The SMILES string of the molecule is CC/C(=N\NC(=O)c1ccc(-n2cnnn2)cc1)c1ccccc1. The van der Waals surface area contributed by atoms with E-state index in [4.69, 9.17) is 0 Å². The second-order valence-corrected chi connectivity index (χ2v) is 5.02. The number of carbonyl (C=O) groups is 1. The lowest BCUT2D eigenvalue weighted by Crippen LogP contribution is -2.20. The highest BCUT2D eigenvalue weighted by Gasteiger charge is 2.07. The first-order valence-corrected chi connectivity index (χ1v) is 7.53. The van der Waals surface area contributed by atoms with Crippen LogP contribution in [0.5, 0.6) is 0 Å². The van der Waals surface area contributed by atoms with E-state index in [1.54, 1.807) is 24.3 Å². The van der Waals surface area contributed by atoms with Crippen LogP contribution in [0.4, 0.5) is 0 Å². The van der Waals surface area contributed by atoms with Gasteiger partial charge in [0, 0.05) is 5.56 Å². The minimum absolute atomic E-state index is 0.264. The molecule has 1 aromatic heterocycles. The molecule has 0 unspecified atom stereocenters. The molecular formula is C17H16N6O. The van der Waals surface area contributed by atoms with Gasteiger partial charge in [-0.3, -0.25) is 4.79 Å². The molecule has 24 heavy (non-hydrogen) atoms. The Bertz CT molecular complexity index is 825. The number of carbonyl (C=O) groups excluding carboxylic acids is 1. The lowest BCUT2D eigenvalue weighted by Gasteiger charge is -2.06. The first-order chi connectivity index (χ1) is 11.8. The van der Waals surface area contributed by atoms with Crippen LogP contribution in [-0.4, -0.2) is 31.8 Å². The summed E-state index contributed by atoms with van der Waals surface area (Å²) in [6, 6.07) is 16.7.